The number of hydrogen-bond donors (Lipinski definition) is 3. The van der Waals surface area contributed by atoms with Crippen molar-refractivity contribution in [1.29, 1.82) is 0 Å². The third-order valence-corrected chi connectivity index (χ3v) is 3.21. The maximum atomic E-state index is 8.74. The van der Waals surface area contributed by atoms with Gasteiger partial charge in [0.05, 0.1) is 0 Å². The zero-order valence-electron chi connectivity index (χ0n) is 12.9. The Morgan fingerprint density at radius 1 is 0.760 bits per heavy atom. The van der Waals surface area contributed by atoms with Crippen LogP contribution < -0.4 is 5.73 Å². The molecule has 0 aliphatic carbocycles. The Morgan fingerprint density at radius 3 is 1.72 bits per heavy atom. The molecule has 4 N–H and O–H groups in total. The largest absolute Gasteiger partial charge is 0.398 e. The van der Waals surface area contributed by atoms with Crippen molar-refractivity contribution in [1.82, 2.24) is 0 Å². The van der Waals surface area contributed by atoms with E-state index in [1.165, 1.54) is 11.1 Å². The molecule has 0 atom stereocenters. The Balaban J connectivity index is 0.000000462. The van der Waals surface area contributed by atoms with Crippen molar-refractivity contribution in [2.45, 2.75) is 0 Å². The Morgan fingerprint density at radius 2 is 1.20 bits per heavy atom. The second kappa shape index (κ2) is 9.47. The van der Waals surface area contributed by atoms with Crippen molar-refractivity contribution in [2.75, 3.05) is 5.73 Å². The first-order valence-electron chi connectivity index (χ1n) is 6.96. The van der Waals surface area contributed by atoms with Crippen LogP contribution in [-0.2, 0) is 30.8 Å². The van der Waals surface area contributed by atoms with Gasteiger partial charge in [-0.25, -0.2) is 0 Å². The first-order chi connectivity index (χ1) is 11.4. The summed E-state index contributed by atoms with van der Waals surface area (Å²) in [4.78, 5) is 0. The molecule has 0 saturated heterocycles. The van der Waals surface area contributed by atoms with Crippen LogP contribution in [0.25, 0.3) is 22.3 Å². The molecule has 0 unspecified atom stereocenters. The van der Waals surface area contributed by atoms with Gasteiger partial charge in [-0.3, -0.25) is 9.11 Å². The van der Waals surface area contributed by atoms with Crippen LogP contribution >= 0.6 is 0 Å². The first-order valence-corrected chi connectivity index (χ1v) is 8.36. The van der Waals surface area contributed by atoms with Gasteiger partial charge in [-0.1, -0.05) is 42.5 Å². The van der Waals surface area contributed by atoms with Gasteiger partial charge >= 0.3 is 10.4 Å². The number of benzene rings is 3. The van der Waals surface area contributed by atoms with Crippen molar-refractivity contribution in [2.24, 2.45) is 0 Å². The smallest absolute Gasteiger partial charge is 0.394 e. The van der Waals surface area contributed by atoms with Crippen molar-refractivity contribution in [3.63, 3.8) is 0 Å². The van der Waals surface area contributed by atoms with E-state index in [0.717, 1.165) is 16.8 Å². The van der Waals surface area contributed by atoms with Gasteiger partial charge in [-0.15, -0.1) is 5.56 Å². The number of anilines is 1. The van der Waals surface area contributed by atoms with Gasteiger partial charge in [0, 0.05) is 31.7 Å². The minimum atomic E-state index is -4.67. The molecule has 7 heteroatoms. The van der Waals surface area contributed by atoms with E-state index < -0.39 is 10.4 Å². The van der Waals surface area contributed by atoms with Crippen molar-refractivity contribution < 1.29 is 37.9 Å². The van der Waals surface area contributed by atoms with Gasteiger partial charge in [-0.05, 0) is 17.2 Å². The molecule has 3 aromatic carbocycles. The van der Waals surface area contributed by atoms with Gasteiger partial charge < -0.3 is 5.73 Å². The monoisotopic (exact) mass is 448 g/mol. The Labute approximate surface area is 160 Å². The molecule has 134 valence electrons. The predicted octanol–water partition coefficient (Wildman–Crippen LogP) is 3.75. The molecule has 0 heterocycles. The molecule has 3 rings (SSSR count). The molecule has 0 radical (unpaired) electrons. The molecule has 0 aliphatic rings. The number of nitrogen functional groups attached to an aromatic ring is 1. The third kappa shape index (κ3) is 6.79. The van der Waals surface area contributed by atoms with Crippen LogP contribution in [0.3, 0.4) is 0 Å². The maximum Gasteiger partial charge on any atom is 0.394 e. The Kier molecular flexibility index (Phi) is 7.97. The van der Waals surface area contributed by atoms with Gasteiger partial charge in [-0.2, -0.15) is 38.7 Å². The van der Waals surface area contributed by atoms with Crippen LogP contribution in [0.4, 0.5) is 5.69 Å². The summed E-state index contributed by atoms with van der Waals surface area (Å²) in [5.41, 5.74) is 11.5. The molecule has 3 aromatic rings. The van der Waals surface area contributed by atoms with E-state index in [4.69, 9.17) is 23.3 Å². The molecule has 0 spiro atoms. The van der Waals surface area contributed by atoms with E-state index >= 15 is 0 Å². The number of hydrogen-bond acceptors (Lipinski definition) is 3. The average Bonchev–Trinajstić information content (AvgIpc) is 2.55. The zero-order valence-corrected chi connectivity index (χ0v) is 15.3. The minimum absolute atomic E-state index is 0. The molecule has 0 saturated carbocycles. The Hall–Kier alpha value is -2.01. The van der Waals surface area contributed by atoms with Crippen LogP contribution in [0, 0.1) is 6.07 Å². The fraction of sp³-hybridized carbons (Fsp3) is 0. The third-order valence-electron chi connectivity index (χ3n) is 3.21. The van der Waals surface area contributed by atoms with Crippen LogP contribution in [-0.4, -0.2) is 17.5 Å². The molecular formula is C18H16NO4PdS-. The van der Waals surface area contributed by atoms with E-state index in [2.05, 4.69) is 42.5 Å². The molecule has 0 aromatic heterocycles. The first kappa shape index (κ1) is 21.0. The minimum Gasteiger partial charge on any atom is -0.398 e. The predicted molar refractivity (Wildman–Crippen MR) is 94.7 cm³/mol. The average molecular weight is 449 g/mol. The van der Waals surface area contributed by atoms with E-state index in [-0.39, 0.29) is 20.4 Å². The SMILES string of the molecule is Nc1ccccc1-c1ccccc1-c1cc[c-]cc1.O=S(=O)(O)O.[Pd]. The summed E-state index contributed by atoms with van der Waals surface area (Å²) in [5.74, 6) is 0. The van der Waals surface area contributed by atoms with Crippen LogP contribution in [0.1, 0.15) is 0 Å². The van der Waals surface area contributed by atoms with Gasteiger partial charge in [0.15, 0.2) is 0 Å². The zero-order chi connectivity index (χ0) is 17.6. The molecule has 5 nitrogen and oxygen atoms in total. The number of para-hydroxylation sites is 1. The van der Waals surface area contributed by atoms with E-state index in [1.54, 1.807) is 0 Å². The van der Waals surface area contributed by atoms with Crippen LogP contribution in [0.15, 0.2) is 72.8 Å². The van der Waals surface area contributed by atoms with Crippen molar-refractivity contribution >= 4 is 16.1 Å². The summed E-state index contributed by atoms with van der Waals surface area (Å²) in [6.45, 7) is 0. The second-order valence-corrected chi connectivity index (χ2v) is 5.77. The van der Waals surface area contributed by atoms with Gasteiger partial charge in [0.1, 0.15) is 0 Å². The summed E-state index contributed by atoms with van der Waals surface area (Å²) in [7, 11) is -4.67. The fourth-order valence-electron chi connectivity index (χ4n) is 2.28. The van der Waals surface area contributed by atoms with Crippen LogP contribution in [0.2, 0.25) is 0 Å². The van der Waals surface area contributed by atoms with Crippen molar-refractivity contribution in [3.05, 3.63) is 78.9 Å². The van der Waals surface area contributed by atoms with Crippen molar-refractivity contribution in [3.8, 4) is 22.3 Å². The second-order valence-electron chi connectivity index (χ2n) is 4.87. The standard InChI is InChI=1S/C18H14N.H2O4S.Pd/c19-18-13-7-6-12-17(18)16-11-5-4-10-15(16)14-8-2-1-3-9-14;1-5(2,3)4;/h2-13H,19H2;(H2,1,2,3,4);/q-1;;. The topological polar surface area (TPSA) is 101 Å². The van der Waals surface area contributed by atoms with Gasteiger partial charge in [0.2, 0.25) is 0 Å². The Bertz CT molecular complexity index is 907. The molecule has 0 bridgehead atoms. The summed E-state index contributed by atoms with van der Waals surface area (Å²) < 4.78 is 31.6. The molecule has 0 fully saturated rings. The van der Waals surface area contributed by atoms with E-state index in [9.17, 15) is 0 Å². The molecular weight excluding hydrogens is 433 g/mol. The summed E-state index contributed by atoms with van der Waals surface area (Å²) in [5, 5.41) is 0. The van der Waals surface area contributed by atoms with E-state index in [0.29, 0.717) is 0 Å². The van der Waals surface area contributed by atoms with E-state index in [1.807, 2.05) is 36.4 Å². The summed E-state index contributed by atoms with van der Waals surface area (Å²) >= 11 is 0. The normalized spacial score (nSPS) is 10.2. The quantitative estimate of drug-likeness (QED) is 0.240. The van der Waals surface area contributed by atoms with Crippen LogP contribution in [0.5, 0.6) is 0 Å². The fourth-order valence-corrected chi connectivity index (χ4v) is 2.28. The molecule has 0 aliphatic heterocycles. The molecule has 25 heavy (non-hydrogen) atoms. The van der Waals surface area contributed by atoms with Gasteiger partial charge in [0.25, 0.3) is 0 Å². The number of rotatable bonds is 2. The molecule has 0 amide bonds. The number of nitrogens with two attached hydrogens (primary N) is 1. The maximum absolute atomic E-state index is 8.74. The summed E-state index contributed by atoms with van der Waals surface area (Å²) in [6, 6.07) is 27.3. The summed E-state index contributed by atoms with van der Waals surface area (Å²) in [6.07, 6.45) is 0.